The molecule has 0 spiro atoms. The predicted molar refractivity (Wildman–Crippen MR) is 158 cm³/mol. The summed E-state index contributed by atoms with van der Waals surface area (Å²) in [6.45, 7) is 8.63. The molecular formula is C32H37O5PSe. The fraction of sp³-hybridized carbons (Fsp3) is 0.344. The standard InChI is InChI=1S/C32H37O5PSe/c1-5-36-38(34)20-19-30(39-29-9-7-6-8-10-29)31(37-38)28-17-13-26(14-18-28)22-35-32(33)24(4)27-15-11-25(12-16-27)21-23(2)3/h6-18,23-24H,5,19-22H2,1-4H3. The van der Waals surface area contributed by atoms with Crippen LogP contribution in [-0.2, 0) is 36.2 Å². The third-order valence-electron chi connectivity index (χ3n) is 6.48. The van der Waals surface area contributed by atoms with E-state index in [4.69, 9.17) is 13.8 Å². The van der Waals surface area contributed by atoms with Gasteiger partial charge >= 0.3 is 195 Å². The molecule has 5 nitrogen and oxygen atoms in total. The van der Waals surface area contributed by atoms with Crippen molar-refractivity contribution < 1.29 is 23.1 Å². The summed E-state index contributed by atoms with van der Waals surface area (Å²) in [7, 11) is -3.18. The van der Waals surface area contributed by atoms with Crippen LogP contribution >= 0.6 is 7.60 Å². The second-order valence-corrected chi connectivity index (χ2v) is 14.7. The normalized spacial score (nSPS) is 18.1. The summed E-state index contributed by atoms with van der Waals surface area (Å²) in [6, 6.07) is 26.3. The van der Waals surface area contributed by atoms with Gasteiger partial charge < -0.3 is 0 Å². The van der Waals surface area contributed by atoms with Gasteiger partial charge in [0.1, 0.15) is 0 Å². The zero-order chi connectivity index (χ0) is 27.8. The van der Waals surface area contributed by atoms with Crippen molar-refractivity contribution in [3.05, 3.63) is 106 Å². The summed E-state index contributed by atoms with van der Waals surface area (Å²) >= 11 is 0.0470. The Labute approximate surface area is 238 Å². The molecule has 2 atom stereocenters. The number of esters is 1. The first-order valence-corrected chi connectivity index (χ1v) is 16.9. The maximum absolute atomic E-state index is 13.2. The van der Waals surface area contributed by atoms with Crippen LogP contribution in [0.4, 0.5) is 0 Å². The molecule has 3 aromatic carbocycles. The number of carbonyl (C=O) groups excluding carboxylic acids is 1. The molecule has 0 N–H and O–H groups in total. The van der Waals surface area contributed by atoms with E-state index in [0.717, 1.165) is 27.6 Å². The van der Waals surface area contributed by atoms with Crippen LogP contribution in [0, 0.1) is 5.92 Å². The van der Waals surface area contributed by atoms with Crippen molar-refractivity contribution >= 4 is 38.7 Å². The predicted octanol–water partition coefficient (Wildman–Crippen LogP) is 7.08. The fourth-order valence-electron chi connectivity index (χ4n) is 4.40. The van der Waals surface area contributed by atoms with Gasteiger partial charge in [0.25, 0.3) is 0 Å². The number of hydrogen-bond acceptors (Lipinski definition) is 5. The van der Waals surface area contributed by atoms with Gasteiger partial charge in [-0.2, -0.15) is 0 Å². The van der Waals surface area contributed by atoms with Gasteiger partial charge in [0, 0.05) is 0 Å². The van der Waals surface area contributed by atoms with Crippen molar-refractivity contribution in [2.24, 2.45) is 5.92 Å². The van der Waals surface area contributed by atoms with E-state index in [-0.39, 0.29) is 33.5 Å². The Balaban J connectivity index is 1.43. The monoisotopic (exact) mass is 612 g/mol. The second kappa shape index (κ2) is 13.6. The number of ether oxygens (including phenoxy) is 1. The molecule has 0 bridgehead atoms. The topological polar surface area (TPSA) is 61.8 Å². The van der Waals surface area contributed by atoms with E-state index >= 15 is 0 Å². The van der Waals surface area contributed by atoms with E-state index in [0.29, 0.717) is 30.9 Å². The Morgan fingerprint density at radius 3 is 2.26 bits per heavy atom. The molecule has 0 saturated carbocycles. The molecule has 206 valence electrons. The second-order valence-electron chi connectivity index (χ2n) is 10.1. The van der Waals surface area contributed by atoms with Gasteiger partial charge in [-0.05, 0) is 17.9 Å². The number of allylic oxidation sites excluding steroid dienone is 1. The van der Waals surface area contributed by atoms with Crippen molar-refractivity contribution in [2.75, 3.05) is 12.8 Å². The number of benzene rings is 3. The molecule has 3 aromatic rings. The van der Waals surface area contributed by atoms with Crippen LogP contribution in [0.3, 0.4) is 0 Å². The fourth-order valence-corrected chi connectivity index (χ4v) is 8.70. The van der Waals surface area contributed by atoms with E-state index in [1.54, 1.807) is 0 Å². The van der Waals surface area contributed by atoms with Crippen LogP contribution < -0.4 is 4.46 Å². The molecule has 1 aliphatic rings. The molecular weight excluding hydrogens is 574 g/mol. The maximum atomic E-state index is 13.2. The van der Waals surface area contributed by atoms with Gasteiger partial charge in [0.05, 0.1) is 0 Å². The van der Waals surface area contributed by atoms with Crippen LogP contribution in [0.5, 0.6) is 0 Å². The van der Waals surface area contributed by atoms with E-state index < -0.39 is 7.60 Å². The van der Waals surface area contributed by atoms with Gasteiger partial charge in [-0.15, -0.1) is 0 Å². The van der Waals surface area contributed by atoms with E-state index in [1.807, 2.05) is 68.4 Å². The van der Waals surface area contributed by atoms with Crippen molar-refractivity contribution in [3.63, 3.8) is 0 Å². The first-order chi connectivity index (χ1) is 18.8. The quantitative estimate of drug-likeness (QED) is 0.132. The first kappa shape index (κ1) is 29.4. The van der Waals surface area contributed by atoms with Crippen molar-refractivity contribution in [3.8, 4) is 0 Å². The molecule has 4 rings (SSSR count). The van der Waals surface area contributed by atoms with Crippen LogP contribution in [0.25, 0.3) is 5.76 Å². The molecule has 0 aromatic heterocycles. The summed E-state index contributed by atoms with van der Waals surface area (Å²) in [6.07, 6.45) is 2.09. The van der Waals surface area contributed by atoms with Gasteiger partial charge in [-0.1, -0.05) is 26.0 Å². The zero-order valence-corrected chi connectivity index (χ0v) is 25.7. The third-order valence-corrected chi connectivity index (χ3v) is 10.8. The molecule has 0 aliphatic carbocycles. The Bertz CT molecular complexity index is 1320. The number of rotatable bonds is 11. The van der Waals surface area contributed by atoms with Gasteiger partial charge in [-0.25, -0.2) is 0 Å². The zero-order valence-electron chi connectivity index (χ0n) is 23.1. The van der Waals surface area contributed by atoms with E-state index in [1.165, 1.54) is 10.0 Å². The summed E-state index contributed by atoms with van der Waals surface area (Å²) in [5, 5.41) is 0. The summed E-state index contributed by atoms with van der Waals surface area (Å²) in [5.41, 5.74) is 3.96. The molecule has 0 saturated heterocycles. The van der Waals surface area contributed by atoms with Crippen molar-refractivity contribution in [1.29, 1.82) is 0 Å². The molecule has 0 radical (unpaired) electrons. The number of hydrogen-bond donors (Lipinski definition) is 0. The van der Waals surface area contributed by atoms with Crippen molar-refractivity contribution in [1.82, 2.24) is 0 Å². The first-order valence-electron chi connectivity index (χ1n) is 13.5. The molecule has 0 fully saturated rings. The Morgan fingerprint density at radius 1 is 0.949 bits per heavy atom. The number of carbonyl (C=O) groups is 1. The summed E-state index contributed by atoms with van der Waals surface area (Å²) in [4.78, 5) is 12.8. The summed E-state index contributed by atoms with van der Waals surface area (Å²) in [5.74, 6) is 0.657. The van der Waals surface area contributed by atoms with Gasteiger partial charge in [0.15, 0.2) is 0 Å². The van der Waals surface area contributed by atoms with Crippen LogP contribution in [0.2, 0.25) is 0 Å². The van der Waals surface area contributed by atoms with E-state index in [2.05, 4.69) is 38.1 Å². The van der Waals surface area contributed by atoms with Crippen LogP contribution in [0.1, 0.15) is 62.3 Å². The Kier molecular flexibility index (Phi) is 10.3. The average Bonchev–Trinajstić information content (AvgIpc) is 2.93. The molecule has 1 heterocycles. The van der Waals surface area contributed by atoms with Crippen LogP contribution in [-0.4, -0.2) is 33.7 Å². The minimum absolute atomic E-state index is 0.0470. The molecule has 7 heteroatoms. The SMILES string of the molecule is CCOP1(=O)CCC([Se]c2ccccc2)=C(c2ccc(COC(=O)C(C)c3ccc(CC(C)C)cc3)cc2)O1. The van der Waals surface area contributed by atoms with Gasteiger partial charge in [-0.3, -0.25) is 0 Å². The minimum atomic E-state index is -3.18. The summed E-state index contributed by atoms with van der Waals surface area (Å²) < 4.78 is 32.8. The third kappa shape index (κ3) is 8.19. The van der Waals surface area contributed by atoms with Gasteiger partial charge in [0.2, 0.25) is 0 Å². The molecule has 39 heavy (non-hydrogen) atoms. The van der Waals surface area contributed by atoms with Crippen molar-refractivity contribution in [2.45, 2.75) is 53.1 Å². The van der Waals surface area contributed by atoms with Crippen LogP contribution in [0.15, 0.2) is 83.3 Å². The molecule has 2 unspecified atom stereocenters. The molecule has 1 aliphatic heterocycles. The van der Waals surface area contributed by atoms with E-state index in [9.17, 15) is 9.36 Å². The average molecular weight is 612 g/mol. The Morgan fingerprint density at radius 2 is 1.62 bits per heavy atom. The molecule has 0 amide bonds. The Hall–Kier alpha value is -2.62.